The van der Waals surface area contributed by atoms with Gasteiger partial charge in [0.2, 0.25) is 0 Å². The van der Waals surface area contributed by atoms with Crippen LogP contribution in [0.2, 0.25) is 0 Å². The van der Waals surface area contributed by atoms with Gasteiger partial charge in [-0.2, -0.15) is 0 Å². The van der Waals surface area contributed by atoms with Gasteiger partial charge in [-0.05, 0) is 12.5 Å². The third-order valence-electron chi connectivity index (χ3n) is 1.57. The lowest BCUT2D eigenvalue weighted by Crippen LogP contribution is -2.17. The molecule has 0 saturated carbocycles. The second-order valence-electron chi connectivity index (χ2n) is 3.44. The van der Waals surface area contributed by atoms with Crippen molar-refractivity contribution in [1.82, 2.24) is 0 Å². The zero-order chi connectivity index (χ0) is 9.45. The van der Waals surface area contributed by atoms with Crippen LogP contribution in [0, 0.1) is 5.41 Å². The second kappa shape index (κ2) is 5.87. The Balaban J connectivity index is 0.000000561. The van der Waals surface area contributed by atoms with Crippen LogP contribution in [0.3, 0.4) is 0 Å². The molecule has 0 unspecified atom stereocenters. The van der Waals surface area contributed by atoms with Gasteiger partial charge in [0, 0.05) is 5.41 Å². The molecule has 12 heavy (non-hydrogen) atoms. The SMILES string of the molecule is CC.CC1(C)C/C=C\C=C/OC1. The molecule has 1 heterocycles. The minimum atomic E-state index is 0.293. The Morgan fingerprint density at radius 2 is 1.83 bits per heavy atom. The fourth-order valence-electron chi connectivity index (χ4n) is 0.899. The third kappa shape index (κ3) is 5.00. The number of rotatable bonds is 0. The summed E-state index contributed by atoms with van der Waals surface area (Å²) in [5.41, 5.74) is 0.293. The van der Waals surface area contributed by atoms with E-state index < -0.39 is 0 Å². The number of ether oxygens (including phenoxy) is 1. The Morgan fingerprint density at radius 1 is 1.17 bits per heavy atom. The minimum Gasteiger partial charge on any atom is -0.501 e. The van der Waals surface area contributed by atoms with E-state index in [1.807, 2.05) is 26.0 Å². The summed E-state index contributed by atoms with van der Waals surface area (Å²) in [6.07, 6.45) is 8.98. The molecule has 1 heteroatoms. The summed E-state index contributed by atoms with van der Waals surface area (Å²) in [5.74, 6) is 0. The summed E-state index contributed by atoms with van der Waals surface area (Å²) in [6, 6.07) is 0. The van der Waals surface area contributed by atoms with Crippen molar-refractivity contribution in [1.29, 1.82) is 0 Å². The first-order valence-electron chi connectivity index (χ1n) is 4.64. The largest absolute Gasteiger partial charge is 0.501 e. The van der Waals surface area contributed by atoms with Crippen LogP contribution in [0.25, 0.3) is 0 Å². The number of allylic oxidation sites excluding steroid dienone is 3. The van der Waals surface area contributed by atoms with Gasteiger partial charge in [0.05, 0.1) is 12.9 Å². The van der Waals surface area contributed by atoms with Crippen molar-refractivity contribution in [2.45, 2.75) is 34.1 Å². The highest BCUT2D eigenvalue weighted by Crippen LogP contribution is 2.22. The first-order chi connectivity index (χ1) is 5.71. The van der Waals surface area contributed by atoms with Gasteiger partial charge in [0.25, 0.3) is 0 Å². The van der Waals surface area contributed by atoms with Crippen LogP contribution in [-0.2, 0) is 4.74 Å². The molecule has 0 N–H and O–H groups in total. The summed E-state index contributed by atoms with van der Waals surface area (Å²) in [7, 11) is 0. The van der Waals surface area contributed by atoms with Crippen molar-refractivity contribution in [3.63, 3.8) is 0 Å². The summed E-state index contributed by atoms with van der Waals surface area (Å²) in [5, 5.41) is 0. The Bertz CT molecular complexity index is 154. The third-order valence-corrected chi connectivity index (χ3v) is 1.57. The van der Waals surface area contributed by atoms with Crippen LogP contribution in [0.15, 0.2) is 24.5 Å². The van der Waals surface area contributed by atoms with E-state index in [1.165, 1.54) is 0 Å². The van der Waals surface area contributed by atoms with E-state index in [4.69, 9.17) is 4.74 Å². The van der Waals surface area contributed by atoms with Crippen molar-refractivity contribution in [3.05, 3.63) is 24.5 Å². The Kier molecular flexibility index (Phi) is 5.52. The first kappa shape index (κ1) is 11.3. The van der Waals surface area contributed by atoms with Crippen LogP contribution in [-0.4, -0.2) is 6.61 Å². The van der Waals surface area contributed by atoms with Gasteiger partial charge in [-0.1, -0.05) is 39.8 Å². The van der Waals surface area contributed by atoms with Crippen LogP contribution in [0.4, 0.5) is 0 Å². The highest BCUT2D eigenvalue weighted by Gasteiger charge is 2.16. The molecule has 0 fully saturated rings. The molecular formula is C11H20O. The second-order valence-corrected chi connectivity index (χ2v) is 3.44. The molecule has 0 aromatic carbocycles. The van der Waals surface area contributed by atoms with Crippen LogP contribution in [0.5, 0.6) is 0 Å². The van der Waals surface area contributed by atoms with Gasteiger partial charge < -0.3 is 4.74 Å². The van der Waals surface area contributed by atoms with E-state index in [9.17, 15) is 0 Å². The number of hydrogen-bond donors (Lipinski definition) is 0. The lowest BCUT2D eigenvalue weighted by molar-refractivity contribution is 0.138. The molecular weight excluding hydrogens is 148 g/mol. The molecule has 1 aliphatic heterocycles. The molecule has 0 aromatic heterocycles. The fourth-order valence-corrected chi connectivity index (χ4v) is 0.899. The van der Waals surface area contributed by atoms with Crippen molar-refractivity contribution < 1.29 is 4.74 Å². The predicted molar refractivity (Wildman–Crippen MR) is 54.0 cm³/mol. The molecule has 0 atom stereocenters. The van der Waals surface area contributed by atoms with Crippen LogP contribution in [0.1, 0.15) is 34.1 Å². The first-order valence-corrected chi connectivity index (χ1v) is 4.64. The van der Waals surface area contributed by atoms with Crippen LogP contribution < -0.4 is 0 Å². The van der Waals surface area contributed by atoms with E-state index >= 15 is 0 Å². The van der Waals surface area contributed by atoms with E-state index in [1.54, 1.807) is 6.26 Å². The van der Waals surface area contributed by atoms with Gasteiger partial charge in [-0.3, -0.25) is 0 Å². The lowest BCUT2D eigenvalue weighted by Gasteiger charge is -2.22. The maximum absolute atomic E-state index is 5.26. The van der Waals surface area contributed by atoms with Crippen molar-refractivity contribution >= 4 is 0 Å². The van der Waals surface area contributed by atoms with Crippen molar-refractivity contribution in [2.75, 3.05) is 6.61 Å². The molecule has 1 nitrogen and oxygen atoms in total. The molecule has 1 rings (SSSR count). The molecule has 0 amide bonds. The molecule has 1 aliphatic rings. The summed E-state index contributed by atoms with van der Waals surface area (Å²) in [6.45, 7) is 9.22. The molecule has 0 radical (unpaired) electrons. The van der Waals surface area contributed by atoms with Gasteiger partial charge in [0.15, 0.2) is 0 Å². The predicted octanol–water partition coefficient (Wildman–Crippen LogP) is 3.53. The molecule has 0 spiro atoms. The van der Waals surface area contributed by atoms with Crippen LogP contribution >= 0.6 is 0 Å². The van der Waals surface area contributed by atoms with E-state index in [0.717, 1.165) is 13.0 Å². The molecule has 0 aliphatic carbocycles. The maximum atomic E-state index is 5.26. The van der Waals surface area contributed by atoms with Gasteiger partial charge >= 0.3 is 0 Å². The number of hydrogen-bond acceptors (Lipinski definition) is 1. The van der Waals surface area contributed by atoms with E-state index in [0.29, 0.717) is 5.41 Å². The Hall–Kier alpha value is -0.720. The molecule has 0 saturated heterocycles. The highest BCUT2D eigenvalue weighted by atomic mass is 16.5. The molecule has 70 valence electrons. The fraction of sp³-hybridized carbons (Fsp3) is 0.636. The van der Waals surface area contributed by atoms with Gasteiger partial charge in [-0.15, -0.1) is 0 Å². The zero-order valence-corrected chi connectivity index (χ0v) is 8.63. The Labute approximate surface area is 76.1 Å². The topological polar surface area (TPSA) is 9.23 Å². The average Bonchev–Trinajstić information content (AvgIpc) is 2.03. The van der Waals surface area contributed by atoms with E-state index in [-0.39, 0.29) is 0 Å². The Morgan fingerprint density at radius 3 is 2.50 bits per heavy atom. The van der Waals surface area contributed by atoms with Gasteiger partial charge in [-0.25, -0.2) is 0 Å². The highest BCUT2D eigenvalue weighted by molar-refractivity contribution is 5.02. The monoisotopic (exact) mass is 168 g/mol. The smallest absolute Gasteiger partial charge is 0.0927 e. The summed E-state index contributed by atoms with van der Waals surface area (Å²) < 4.78 is 5.26. The quantitative estimate of drug-likeness (QED) is 0.537. The standard InChI is InChI=1S/C9H14O.C2H6/c1-9(2)6-4-3-5-7-10-8-9;1-2/h3-5,7H,6,8H2,1-2H3;1-2H3/b4-3-,7-5-;. The van der Waals surface area contributed by atoms with Crippen molar-refractivity contribution in [2.24, 2.45) is 5.41 Å². The minimum absolute atomic E-state index is 0.293. The van der Waals surface area contributed by atoms with E-state index in [2.05, 4.69) is 19.9 Å². The zero-order valence-electron chi connectivity index (χ0n) is 8.63. The summed E-state index contributed by atoms with van der Waals surface area (Å²) in [4.78, 5) is 0. The van der Waals surface area contributed by atoms with Gasteiger partial charge in [0.1, 0.15) is 0 Å². The van der Waals surface area contributed by atoms with Crippen molar-refractivity contribution in [3.8, 4) is 0 Å². The summed E-state index contributed by atoms with van der Waals surface area (Å²) >= 11 is 0. The lowest BCUT2D eigenvalue weighted by atomic mass is 9.90. The molecule has 0 aromatic rings. The normalized spacial score (nSPS) is 25.0. The molecule has 0 bridgehead atoms. The average molecular weight is 168 g/mol. The maximum Gasteiger partial charge on any atom is 0.0927 e.